The minimum Gasteiger partial charge on any atom is -0.496 e. The van der Waals surface area contributed by atoms with Crippen molar-refractivity contribution < 1.29 is 9.66 Å². The molecule has 21 heavy (non-hydrogen) atoms. The molecule has 0 amide bonds. The van der Waals surface area contributed by atoms with E-state index in [1.165, 1.54) is 17.1 Å². The lowest BCUT2D eigenvalue weighted by atomic mass is 10.0. The smallest absolute Gasteiger partial charge is 0.307 e. The molecule has 0 bridgehead atoms. The van der Waals surface area contributed by atoms with E-state index in [9.17, 15) is 10.1 Å². The Hall–Kier alpha value is -2.41. The fraction of sp³-hybridized carbons (Fsp3) is 0.357. The van der Waals surface area contributed by atoms with Crippen molar-refractivity contribution in [3.05, 3.63) is 51.8 Å². The molecule has 2 N–H and O–H groups in total. The second-order valence-corrected chi connectivity index (χ2v) is 4.98. The first kappa shape index (κ1) is 15.0. The lowest BCUT2D eigenvalue weighted by molar-refractivity contribution is -0.385. The maximum atomic E-state index is 10.7. The fourth-order valence-electron chi connectivity index (χ4n) is 2.16. The third-order valence-electron chi connectivity index (χ3n) is 3.07. The standard InChI is InChI=1S/C14H18N4O3/c1-10(15)5-11-3-4-14(21-2)12(6-11)8-17-9-13(7-16-17)18(19)20/h3-4,6-7,9-10H,5,8,15H2,1-2H3. The van der Waals surface area contributed by atoms with Gasteiger partial charge in [0.2, 0.25) is 0 Å². The van der Waals surface area contributed by atoms with Crippen LogP contribution in [0.3, 0.4) is 0 Å². The third-order valence-corrected chi connectivity index (χ3v) is 3.07. The van der Waals surface area contributed by atoms with Gasteiger partial charge in [-0.2, -0.15) is 5.10 Å². The summed E-state index contributed by atoms with van der Waals surface area (Å²) in [5, 5.41) is 14.7. The number of methoxy groups -OCH3 is 1. The normalized spacial score (nSPS) is 12.1. The minimum absolute atomic E-state index is 0.0271. The fourth-order valence-corrected chi connectivity index (χ4v) is 2.16. The Labute approximate surface area is 122 Å². The van der Waals surface area contributed by atoms with Crippen LogP contribution in [0, 0.1) is 10.1 Å². The number of hydrogen-bond acceptors (Lipinski definition) is 5. The van der Waals surface area contributed by atoms with E-state index in [1.54, 1.807) is 7.11 Å². The molecule has 0 aliphatic rings. The molecule has 2 aromatic rings. The first-order chi connectivity index (χ1) is 9.99. The Morgan fingerprint density at radius 3 is 2.86 bits per heavy atom. The highest BCUT2D eigenvalue weighted by Crippen LogP contribution is 2.22. The summed E-state index contributed by atoms with van der Waals surface area (Å²) in [5.74, 6) is 0.724. The maximum Gasteiger partial charge on any atom is 0.307 e. The molecule has 1 unspecified atom stereocenters. The molecule has 112 valence electrons. The first-order valence-corrected chi connectivity index (χ1v) is 6.58. The average molecular weight is 290 g/mol. The number of aromatic nitrogens is 2. The van der Waals surface area contributed by atoms with Gasteiger partial charge in [0.15, 0.2) is 0 Å². The van der Waals surface area contributed by atoms with Gasteiger partial charge < -0.3 is 10.5 Å². The monoisotopic (exact) mass is 290 g/mol. The predicted molar refractivity (Wildman–Crippen MR) is 78.3 cm³/mol. The topological polar surface area (TPSA) is 96.2 Å². The van der Waals surface area contributed by atoms with E-state index in [2.05, 4.69) is 5.10 Å². The average Bonchev–Trinajstić information content (AvgIpc) is 2.87. The van der Waals surface area contributed by atoms with Crippen LogP contribution in [0.5, 0.6) is 5.75 Å². The highest BCUT2D eigenvalue weighted by atomic mass is 16.6. The largest absolute Gasteiger partial charge is 0.496 e. The summed E-state index contributed by atoms with van der Waals surface area (Å²) in [7, 11) is 1.59. The number of hydrogen-bond donors (Lipinski definition) is 1. The second kappa shape index (κ2) is 6.36. The zero-order chi connectivity index (χ0) is 15.4. The van der Waals surface area contributed by atoms with E-state index in [-0.39, 0.29) is 11.7 Å². The van der Waals surface area contributed by atoms with Gasteiger partial charge in [0, 0.05) is 11.6 Å². The first-order valence-electron chi connectivity index (χ1n) is 6.58. The molecule has 0 fully saturated rings. The number of nitrogens with zero attached hydrogens (tertiary/aromatic N) is 3. The summed E-state index contributed by atoms with van der Waals surface area (Å²) >= 11 is 0. The molecular weight excluding hydrogens is 272 g/mol. The predicted octanol–water partition coefficient (Wildman–Crippen LogP) is 1.74. The number of nitrogens with two attached hydrogens (primary N) is 1. The lowest BCUT2D eigenvalue weighted by Crippen LogP contribution is -2.18. The molecule has 0 aliphatic carbocycles. The maximum absolute atomic E-state index is 10.7. The summed E-state index contributed by atoms with van der Waals surface area (Å²) in [5.41, 5.74) is 7.79. The van der Waals surface area contributed by atoms with Crippen LogP contribution in [-0.2, 0) is 13.0 Å². The molecule has 0 spiro atoms. The molecule has 0 saturated heterocycles. The van der Waals surface area contributed by atoms with E-state index in [4.69, 9.17) is 10.5 Å². The van der Waals surface area contributed by atoms with Gasteiger partial charge in [-0.05, 0) is 25.0 Å². The summed E-state index contributed by atoms with van der Waals surface area (Å²) in [6, 6.07) is 5.91. The van der Waals surface area contributed by atoms with Crippen molar-refractivity contribution in [2.45, 2.75) is 25.9 Å². The van der Waals surface area contributed by atoms with Crippen molar-refractivity contribution in [1.29, 1.82) is 0 Å². The van der Waals surface area contributed by atoms with Gasteiger partial charge in [0.25, 0.3) is 0 Å². The second-order valence-electron chi connectivity index (χ2n) is 4.98. The van der Waals surface area contributed by atoms with E-state index in [0.29, 0.717) is 6.54 Å². The summed E-state index contributed by atoms with van der Waals surface area (Å²) in [4.78, 5) is 10.2. The summed E-state index contributed by atoms with van der Waals surface area (Å²) in [6.45, 7) is 2.35. The molecule has 0 aliphatic heterocycles. The van der Waals surface area contributed by atoms with Crippen molar-refractivity contribution in [3.8, 4) is 5.75 Å². The minimum atomic E-state index is -0.465. The summed E-state index contributed by atoms with van der Waals surface area (Å²) in [6.07, 6.45) is 3.40. The Kier molecular flexibility index (Phi) is 4.54. The van der Waals surface area contributed by atoms with E-state index < -0.39 is 4.92 Å². The number of ether oxygens (including phenoxy) is 1. The molecule has 7 nitrogen and oxygen atoms in total. The molecule has 1 aromatic carbocycles. The van der Waals surface area contributed by atoms with Gasteiger partial charge in [-0.3, -0.25) is 14.8 Å². The van der Waals surface area contributed by atoms with Gasteiger partial charge in [0.05, 0.1) is 18.6 Å². The van der Waals surface area contributed by atoms with Crippen molar-refractivity contribution in [3.63, 3.8) is 0 Å². The van der Waals surface area contributed by atoms with Crippen LogP contribution < -0.4 is 10.5 Å². The van der Waals surface area contributed by atoms with Crippen LogP contribution in [0.4, 0.5) is 5.69 Å². The molecule has 7 heteroatoms. The number of rotatable bonds is 6. The molecule has 0 radical (unpaired) electrons. The molecule has 1 heterocycles. The number of benzene rings is 1. The van der Waals surface area contributed by atoms with Gasteiger partial charge in [-0.1, -0.05) is 12.1 Å². The van der Waals surface area contributed by atoms with Crippen molar-refractivity contribution in [1.82, 2.24) is 9.78 Å². The lowest BCUT2D eigenvalue weighted by Gasteiger charge is -2.12. The Bertz CT molecular complexity index is 637. The van der Waals surface area contributed by atoms with Crippen molar-refractivity contribution in [2.75, 3.05) is 7.11 Å². The Morgan fingerprint density at radius 2 is 2.29 bits per heavy atom. The quantitative estimate of drug-likeness (QED) is 0.645. The molecule has 2 rings (SSSR count). The van der Waals surface area contributed by atoms with Gasteiger partial charge in [0.1, 0.15) is 18.1 Å². The highest BCUT2D eigenvalue weighted by molar-refractivity contribution is 5.38. The zero-order valence-electron chi connectivity index (χ0n) is 12.0. The third kappa shape index (κ3) is 3.79. The van der Waals surface area contributed by atoms with Crippen molar-refractivity contribution in [2.24, 2.45) is 5.73 Å². The van der Waals surface area contributed by atoms with E-state index in [0.717, 1.165) is 23.3 Å². The Morgan fingerprint density at radius 1 is 1.52 bits per heavy atom. The summed E-state index contributed by atoms with van der Waals surface area (Å²) < 4.78 is 6.85. The van der Waals surface area contributed by atoms with Crippen LogP contribution in [0.2, 0.25) is 0 Å². The van der Waals surface area contributed by atoms with Crippen LogP contribution in [-0.4, -0.2) is 27.9 Å². The van der Waals surface area contributed by atoms with Crippen LogP contribution in [0.15, 0.2) is 30.6 Å². The van der Waals surface area contributed by atoms with Crippen LogP contribution in [0.25, 0.3) is 0 Å². The molecule has 1 aromatic heterocycles. The van der Waals surface area contributed by atoms with Crippen LogP contribution in [0.1, 0.15) is 18.1 Å². The molecule has 0 saturated carbocycles. The zero-order valence-corrected chi connectivity index (χ0v) is 12.0. The van der Waals surface area contributed by atoms with E-state index in [1.807, 2.05) is 25.1 Å². The van der Waals surface area contributed by atoms with Gasteiger partial charge in [-0.25, -0.2) is 0 Å². The van der Waals surface area contributed by atoms with Crippen LogP contribution >= 0.6 is 0 Å². The SMILES string of the molecule is COc1ccc(CC(C)N)cc1Cn1cc([N+](=O)[O-])cn1. The Balaban J connectivity index is 2.25. The molecule has 1 atom stereocenters. The highest BCUT2D eigenvalue weighted by Gasteiger charge is 2.11. The van der Waals surface area contributed by atoms with E-state index >= 15 is 0 Å². The molecular formula is C14H18N4O3. The van der Waals surface area contributed by atoms with Gasteiger partial charge in [-0.15, -0.1) is 0 Å². The number of nitro groups is 1. The van der Waals surface area contributed by atoms with Gasteiger partial charge >= 0.3 is 5.69 Å². The van der Waals surface area contributed by atoms with Crippen molar-refractivity contribution >= 4 is 5.69 Å².